The highest BCUT2D eigenvalue weighted by Crippen LogP contribution is 2.39. The van der Waals surface area contributed by atoms with Gasteiger partial charge in [0.1, 0.15) is 17.1 Å². The number of rotatable bonds is 4. The van der Waals surface area contributed by atoms with Crippen LogP contribution in [0.4, 0.5) is 10.1 Å². The first kappa shape index (κ1) is 24.2. The Morgan fingerprint density at radius 1 is 1.15 bits per heavy atom. The number of piperazine rings is 1. The van der Waals surface area contributed by atoms with E-state index in [4.69, 9.17) is 0 Å². The van der Waals surface area contributed by atoms with E-state index in [2.05, 4.69) is 6.07 Å². The summed E-state index contributed by atoms with van der Waals surface area (Å²) in [5.41, 5.74) is 1.69. The van der Waals surface area contributed by atoms with Crippen LogP contribution in [0.3, 0.4) is 0 Å². The summed E-state index contributed by atoms with van der Waals surface area (Å²) in [4.78, 5) is 15.1. The van der Waals surface area contributed by atoms with E-state index >= 15 is 4.39 Å². The summed E-state index contributed by atoms with van der Waals surface area (Å²) >= 11 is 0. The fourth-order valence-electron chi connectivity index (χ4n) is 5.00. The normalized spacial score (nSPS) is 23.8. The number of benzene rings is 2. The van der Waals surface area contributed by atoms with Gasteiger partial charge in [-0.25, -0.2) is 12.8 Å². The molecule has 3 atom stereocenters. The molecule has 9 heteroatoms. The van der Waals surface area contributed by atoms with Crippen molar-refractivity contribution < 1.29 is 17.6 Å². The highest BCUT2D eigenvalue weighted by Gasteiger charge is 2.40. The lowest BCUT2D eigenvalue weighted by molar-refractivity contribution is -0.130. The van der Waals surface area contributed by atoms with Gasteiger partial charge >= 0.3 is 0 Å². The molecule has 4 rings (SSSR count). The molecule has 2 aliphatic heterocycles. The van der Waals surface area contributed by atoms with Crippen molar-refractivity contribution >= 4 is 21.6 Å². The first-order valence-corrected chi connectivity index (χ1v) is 13.0. The van der Waals surface area contributed by atoms with E-state index in [0.717, 1.165) is 5.56 Å². The highest BCUT2D eigenvalue weighted by atomic mass is 32.2. The van der Waals surface area contributed by atoms with Gasteiger partial charge in [-0.05, 0) is 37.5 Å². The van der Waals surface area contributed by atoms with E-state index in [0.29, 0.717) is 50.3 Å². The molecular weight excluding hydrogens is 455 g/mol. The zero-order chi connectivity index (χ0) is 24.5. The lowest BCUT2D eigenvalue weighted by Gasteiger charge is -2.39. The van der Waals surface area contributed by atoms with Crippen molar-refractivity contribution in [2.45, 2.75) is 44.0 Å². The van der Waals surface area contributed by atoms with Gasteiger partial charge in [0.05, 0.1) is 12.6 Å². The molecule has 180 valence electrons. The van der Waals surface area contributed by atoms with Crippen molar-refractivity contribution in [3.05, 3.63) is 65.5 Å². The van der Waals surface area contributed by atoms with Gasteiger partial charge in [-0.2, -0.15) is 9.57 Å². The molecular formula is C25H29FN4O3S. The van der Waals surface area contributed by atoms with Gasteiger partial charge in [-0.1, -0.05) is 36.4 Å². The van der Waals surface area contributed by atoms with Gasteiger partial charge in [0.15, 0.2) is 0 Å². The number of halogens is 1. The fraction of sp³-hybridized carbons (Fsp3) is 0.440. The monoisotopic (exact) mass is 484 g/mol. The van der Waals surface area contributed by atoms with Crippen molar-refractivity contribution in [1.29, 1.82) is 5.26 Å². The third-order valence-electron chi connectivity index (χ3n) is 6.87. The largest absolute Gasteiger partial charge is 0.367 e. The summed E-state index contributed by atoms with van der Waals surface area (Å²) in [5, 5.41) is 8.80. The molecule has 0 bridgehead atoms. The summed E-state index contributed by atoms with van der Waals surface area (Å²) in [6, 6.07) is 14.9. The number of anilines is 1. The number of hydrogen-bond donors (Lipinski definition) is 0. The predicted molar refractivity (Wildman–Crippen MR) is 128 cm³/mol. The van der Waals surface area contributed by atoms with E-state index in [1.807, 2.05) is 35.2 Å². The second-order valence-electron chi connectivity index (χ2n) is 8.88. The average molecular weight is 485 g/mol. The molecule has 2 fully saturated rings. The standard InChI is InChI=1S/C25H29FN4O3S/c1-18(30-12-6-9-25(34(30,32)33)20-7-4-3-5-8-20)23-11-10-21(15-24(23)26)28-13-14-29(19(2)31)22(16-27)17-28/h3-5,7-8,10-11,15,18,22,25H,6,9,12-14,17H2,1-2H3/t18?,22-,25?/m1/s1. The molecule has 2 aromatic carbocycles. The molecule has 2 saturated heterocycles. The van der Waals surface area contributed by atoms with Crippen LogP contribution in [0, 0.1) is 17.1 Å². The summed E-state index contributed by atoms with van der Waals surface area (Å²) in [5.74, 6) is -0.636. The van der Waals surface area contributed by atoms with E-state index in [1.165, 1.54) is 22.2 Å². The fourth-order valence-corrected chi connectivity index (χ4v) is 7.23. The summed E-state index contributed by atoms with van der Waals surface area (Å²) in [6.45, 7) is 4.69. The molecule has 7 nitrogen and oxygen atoms in total. The molecule has 0 N–H and O–H groups in total. The minimum atomic E-state index is -3.65. The van der Waals surface area contributed by atoms with E-state index < -0.39 is 33.2 Å². The Balaban J connectivity index is 1.55. The molecule has 0 aliphatic carbocycles. The van der Waals surface area contributed by atoms with Crippen LogP contribution in [-0.4, -0.2) is 55.8 Å². The zero-order valence-corrected chi connectivity index (χ0v) is 20.2. The number of nitrogens with zero attached hydrogens (tertiary/aromatic N) is 4. The Labute approximate surface area is 200 Å². The van der Waals surface area contributed by atoms with E-state index in [1.54, 1.807) is 19.1 Å². The van der Waals surface area contributed by atoms with Gasteiger partial charge in [0, 0.05) is 43.9 Å². The number of carbonyl (C=O) groups excluding carboxylic acids is 1. The van der Waals surface area contributed by atoms with Crippen LogP contribution in [0.1, 0.15) is 49.1 Å². The van der Waals surface area contributed by atoms with Crippen molar-refractivity contribution in [1.82, 2.24) is 9.21 Å². The van der Waals surface area contributed by atoms with Crippen molar-refractivity contribution in [2.24, 2.45) is 0 Å². The zero-order valence-electron chi connectivity index (χ0n) is 19.4. The average Bonchev–Trinajstić information content (AvgIpc) is 2.83. The summed E-state index contributed by atoms with van der Waals surface area (Å²) in [7, 11) is -3.65. The predicted octanol–water partition coefficient (Wildman–Crippen LogP) is 3.61. The van der Waals surface area contributed by atoms with Crippen molar-refractivity contribution in [3.8, 4) is 6.07 Å². The Bertz CT molecular complexity index is 1200. The quantitative estimate of drug-likeness (QED) is 0.662. The van der Waals surface area contributed by atoms with Gasteiger partial charge in [0.25, 0.3) is 0 Å². The smallest absolute Gasteiger partial charge is 0.221 e. The topological polar surface area (TPSA) is 84.7 Å². The second-order valence-corrected chi connectivity index (χ2v) is 11.0. The lowest BCUT2D eigenvalue weighted by Crippen LogP contribution is -2.54. The number of sulfonamides is 1. The highest BCUT2D eigenvalue weighted by molar-refractivity contribution is 7.89. The van der Waals surface area contributed by atoms with Gasteiger partial charge < -0.3 is 9.80 Å². The van der Waals surface area contributed by atoms with Crippen LogP contribution in [0.25, 0.3) is 0 Å². The Morgan fingerprint density at radius 2 is 1.88 bits per heavy atom. The van der Waals surface area contributed by atoms with Crippen molar-refractivity contribution in [2.75, 3.05) is 31.1 Å². The lowest BCUT2D eigenvalue weighted by atomic mass is 10.0. The SMILES string of the molecule is CC(=O)N1CCN(c2ccc(C(C)N3CCCC(c4ccccc4)S3(=O)=O)c(F)c2)C[C@H]1C#N. The minimum absolute atomic E-state index is 0.155. The molecule has 2 aliphatic rings. The summed E-state index contributed by atoms with van der Waals surface area (Å²) < 4.78 is 43.6. The molecule has 1 amide bonds. The summed E-state index contributed by atoms with van der Waals surface area (Å²) in [6.07, 6.45) is 1.25. The Morgan fingerprint density at radius 3 is 2.53 bits per heavy atom. The first-order valence-electron chi connectivity index (χ1n) is 11.5. The van der Waals surface area contributed by atoms with Crippen LogP contribution < -0.4 is 4.90 Å². The Kier molecular flexibility index (Phi) is 6.91. The van der Waals surface area contributed by atoms with Crippen LogP contribution in [0.2, 0.25) is 0 Å². The Hall–Kier alpha value is -2.96. The molecule has 2 unspecified atom stereocenters. The van der Waals surface area contributed by atoms with Crippen LogP contribution in [0.5, 0.6) is 0 Å². The number of amides is 1. The molecule has 0 saturated carbocycles. The number of hydrogen-bond acceptors (Lipinski definition) is 5. The maximum Gasteiger partial charge on any atom is 0.221 e. The van der Waals surface area contributed by atoms with Crippen LogP contribution in [0.15, 0.2) is 48.5 Å². The van der Waals surface area contributed by atoms with E-state index in [9.17, 15) is 18.5 Å². The molecule has 0 spiro atoms. The van der Waals surface area contributed by atoms with Gasteiger partial charge in [0.2, 0.25) is 15.9 Å². The van der Waals surface area contributed by atoms with Crippen LogP contribution >= 0.6 is 0 Å². The maximum atomic E-state index is 15.3. The van der Waals surface area contributed by atoms with Crippen LogP contribution in [-0.2, 0) is 14.8 Å². The van der Waals surface area contributed by atoms with Gasteiger partial charge in [-0.15, -0.1) is 0 Å². The molecule has 0 radical (unpaired) electrons. The third-order valence-corrected chi connectivity index (χ3v) is 9.25. The molecule has 34 heavy (non-hydrogen) atoms. The molecule has 0 aromatic heterocycles. The first-order chi connectivity index (χ1) is 16.2. The van der Waals surface area contributed by atoms with E-state index in [-0.39, 0.29) is 5.91 Å². The second kappa shape index (κ2) is 9.72. The maximum absolute atomic E-state index is 15.3. The molecule has 2 aromatic rings. The minimum Gasteiger partial charge on any atom is -0.367 e. The number of carbonyl (C=O) groups is 1. The van der Waals surface area contributed by atoms with Gasteiger partial charge in [-0.3, -0.25) is 4.79 Å². The third kappa shape index (κ3) is 4.52. The van der Waals surface area contributed by atoms with Crippen molar-refractivity contribution in [3.63, 3.8) is 0 Å². The number of nitriles is 1. The molecule has 2 heterocycles.